The molecule has 0 N–H and O–H groups in total. The zero-order chi connectivity index (χ0) is 13.8. The lowest BCUT2D eigenvalue weighted by molar-refractivity contribution is -0.109. The van der Waals surface area contributed by atoms with E-state index in [4.69, 9.17) is 4.74 Å². The number of fused-ring (bicyclic) bond motifs is 1. The Labute approximate surface area is 115 Å². The molecule has 0 atom stereocenters. The van der Waals surface area contributed by atoms with Gasteiger partial charge in [-0.05, 0) is 35.0 Å². The van der Waals surface area contributed by atoms with Crippen LogP contribution in [0.3, 0.4) is 0 Å². The summed E-state index contributed by atoms with van der Waals surface area (Å²) >= 11 is 1.17. The molecule has 96 valence electrons. The molecular formula is C15H12O3S. The van der Waals surface area contributed by atoms with Gasteiger partial charge < -0.3 is 4.74 Å². The summed E-state index contributed by atoms with van der Waals surface area (Å²) in [5.41, 5.74) is 0.456. The molecule has 0 saturated heterocycles. The number of benzene rings is 2. The minimum Gasteiger partial charge on any atom is -0.432 e. The van der Waals surface area contributed by atoms with Crippen LogP contribution in [-0.4, -0.2) is 11.1 Å². The summed E-state index contributed by atoms with van der Waals surface area (Å²) < 4.78 is 4.74. The predicted octanol–water partition coefficient (Wildman–Crippen LogP) is 3.78. The van der Waals surface area contributed by atoms with E-state index >= 15 is 0 Å². The monoisotopic (exact) mass is 272 g/mol. The molecule has 0 fully saturated rings. The molecule has 4 heteroatoms. The van der Waals surface area contributed by atoms with Gasteiger partial charge in [0, 0.05) is 11.8 Å². The molecule has 0 heterocycles. The fourth-order valence-corrected chi connectivity index (χ4v) is 2.38. The lowest BCUT2D eigenvalue weighted by atomic mass is 10.1. The molecule has 0 aromatic heterocycles. The molecule has 0 aliphatic carbocycles. The number of rotatable bonds is 3. The van der Waals surface area contributed by atoms with Gasteiger partial charge in [-0.2, -0.15) is 0 Å². The Balaban J connectivity index is 2.41. The van der Waals surface area contributed by atoms with Gasteiger partial charge in [0.05, 0.1) is 11.8 Å². The topological polar surface area (TPSA) is 43.4 Å². The van der Waals surface area contributed by atoms with Crippen molar-refractivity contribution in [1.82, 2.24) is 0 Å². The van der Waals surface area contributed by atoms with Crippen LogP contribution < -0.4 is 0 Å². The van der Waals surface area contributed by atoms with Crippen molar-refractivity contribution >= 4 is 33.6 Å². The van der Waals surface area contributed by atoms with Crippen molar-refractivity contribution in [3.63, 3.8) is 0 Å². The standard InChI is InChI=1S/C15H12O3S/c1-3-18-15(17)12-5-4-11-6-7-14(19-10(2)16)9-13(11)8-12/h3-9H,1H2,2H3. The fourth-order valence-electron chi connectivity index (χ4n) is 1.72. The summed E-state index contributed by atoms with van der Waals surface area (Å²) in [7, 11) is 0. The Morgan fingerprint density at radius 2 is 1.89 bits per heavy atom. The van der Waals surface area contributed by atoms with Gasteiger partial charge in [-0.15, -0.1) is 0 Å². The highest BCUT2D eigenvalue weighted by atomic mass is 32.2. The third kappa shape index (κ3) is 3.23. The Kier molecular flexibility index (Phi) is 4.02. The lowest BCUT2D eigenvalue weighted by Crippen LogP contribution is -1.99. The van der Waals surface area contributed by atoms with Crippen LogP contribution in [0.1, 0.15) is 17.3 Å². The summed E-state index contributed by atoms with van der Waals surface area (Å²) in [5, 5.41) is 1.93. The second-order valence-corrected chi connectivity index (χ2v) is 5.14. The van der Waals surface area contributed by atoms with Crippen molar-refractivity contribution in [3.8, 4) is 0 Å². The van der Waals surface area contributed by atoms with E-state index in [2.05, 4.69) is 6.58 Å². The van der Waals surface area contributed by atoms with Gasteiger partial charge in [-0.3, -0.25) is 4.79 Å². The van der Waals surface area contributed by atoms with Gasteiger partial charge in [-0.1, -0.05) is 30.5 Å². The van der Waals surface area contributed by atoms with E-state index in [0.29, 0.717) is 5.56 Å². The summed E-state index contributed by atoms with van der Waals surface area (Å²) in [6, 6.07) is 11.0. The van der Waals surface area contributed by atoms with E-state index < -0.39 is 5.97 Å². The number of esters is 1. The van der Waals surface area contributed by atoms with Crippen molar-refractivity contribution in [1.29, 1.82) is 0 Å². The average molecular weight is 272 g/mol. The second kappa shape index (κ2) is 5.71. The number of carbonyl (C=O) groups excluding carboxylic acids is 2. The van der Waals surface area contributed by atoms with Gasteiger partial charge in [0.15, 0.2) is 5.12 Å². The Bertz CT molecular complexity index is 661. The first-order valence-electron chi connectivity index (χ1n) is 5.64. The van der Waals surface area contributed by atoms with Gasteiger partial charge in [-0.25, -0.2) is 4.79 Å². The van der Waals surface area contributed by atoms with Crippen LogP contribution in [0, 0.1) is 0 Å². The molecule has 3 nitrogen and oxygen atoms in total. The second-order valence-electron chi connectivity index (χ2n) is 3.89. The van der Waals surface area contributed by atoms with E-state index in [1.165, 1.54) is 18.7 Å². The molecule has 0 spiro atoms. The van der Waals surface area contributed by atoms with E-state index in [-0.39, 0.29) is 5.12 Å². The Morgan fingerprint density at radius 3 is 2.58 bits per heavy atom. The van der Waals surface area contributed by atoms with Crippen molar-refractivity contribution in [3.05, 3.63) is 54.8 Å². The number of carbonyl (C=O) groups is 2. The van der Waals surface area contributed by atoms with Crippen LogP contribution in [0.25, 0.3) is 10.8 Å². The zero-order valence-electron chi connectivity index (χ0n) is 10.4. The minimum absolute atomic E-state index is 0.0292. The van der Waals surface area contributed by atoms with Crippen molar-refractivity contribution < 1.29 is 14.3 Å². The highest BCUT2D eigenvalue weighted by Gasteiger charge is 2.07. The number of hydrogen-bond donors (Lipinski definition) is 0. The first-order valence-corrected chi connectivity index (χ1v) is 6.46. The lowest BCUT2D eigenvalue weighted by Gasteiger charge is -2.04. The summed E-state index contributed by atoms with van der Waals surface area (Å²) in [6.45, 7) is 4.87. The maximum atomic E-state index is 11.6. The first-order chi connectivity index (χ1) is 9.10. The summed E-state index contributed by atoms with van der Waals surface area (Å²) in [5.74, 6) is -0.443. The molecule has 0 aliphatic heterocycles. The SMILES string of the molecule is C=COC(=O)c1ccc2ccc(SC(C)=O)cc2c1. The molecule has 0 radical (unpaired) electrons. The van der Waals surface area contributed by atoms with Crippen molar-refractivity contribution in [2.45, 2.75) is 11.8 Å². The smallest absolute Gasteiger partial charge is 0.342 e. The molecule has 0 bridgehead atoms. The Hall–Kier alpha value is -2.07. The molecule has 2 aromatic carbocycles. The minimum atomic E-state index is -0.443. The molecular weight excluding hydrogens is 260 g/mol. The van der Waals surface area contributed by atoms with Gasteiger partial charge in [0.25, 0.3) is 0 Å². The molecule has 2 aromatic rings. The van der Waals surface area contributed by atoms with Crippen LogP contribution in [0.2, 0.25) is 0 Å². The number of ether oxygens (including phenoxy) is 1. The van der Waals surface area contributed by atoms with Gasteiger partial charge >= 0.3 is 5.97 Å². The first kappa shape index (κ1) is 13.4. The molecule has 0 saturated carbocycles. The quantitative estimate of drug-likeness (QED) is 0.484. The van der Waals surface area contributed by atoms with E-state index in [9.17, 15) is 9.59 Å². The van der Waals surface area contributed by atoms with Crippen LogP contribution in [0.4, 0.5) is 0 Å². The zero-order valence-corrected chi connectivity index (χ0v) is 11.2. The van der Waals surface area contributed by atoms with Gasteiger partial charge in [0.2, 0.25) is 0 Å². The number of hydrogen-bond acceptors (Lipinski definition) is 4. The average Bonchev–Trinajstić information content (AvgIpc) is 2.37. The predicted molar refractivity (Wildman–Crippen MR) is 76.1 cm³/mol. The normalized spacial score (nSPS) is 10.2. The van der Waals surface area contributed by atoms with Crippen LogP contribution >= 0.6 is 11.8 Å². The highest BCUT2D eigenvalue weighted by molar-refractivity contribution is 8.13. The van der Waals surface area contributed by atoms with Crippen LogP contribution in [-0.2, 0) is 9.53 Å². The summed E-state index contributed by atoms with van der Waals surface area (Å²) in [6.07, 6.45) is 1.11. The molecule has 0 amide bonds. The molecule has 2 rings (SSSR count). The third-order valence-corrected chi connectivity index (χ3v) is 3.28. The van der Waals surface area contributed by atoms with Crippen LogP contribution in [0.5, 0.6) is 0 Å². The van der Waals surface area contributed by atoms with E-state index in [1.807, 2.05) is 24.3 Å². The molecule has 0 unspecified atom stereocenters. The van der Waals surface area contributed by atoms with Crippen molar-refractivity contribution in [2.24, 2.45) is 0 Å². The maximum absolute atomic E-state index is 11.6. The number of thioether (sulfide) groups is 1. The maximum Gasteiger partial charge on any atom is 0.342 e. The highest BCUT2D eigenvalue weighted by Crippen LogP contribution is 2.25. The molecule has 0 aliphatic rings. The van der Waals surface area contributed by atoms with E-state index in [0.717, 1.165) is 21.9 Å². The van der Waals surface area contributed by atoms with Gasteiger partial charge in [0.1, 0.15) is 0 Å². The van der Waals surface area contributed by atoms with Crippen molar-refractivity contribution in [2.75, 3.05) is 0 Å². The van der Waals surface area contributed by atoms with Crippen LogP contribution in [0.15, 0.2) is 54.1 Å². The largest absolute Gasteiger partial charge is 0.432 e. The third-order valence-electron chi connectivity index (χ3n) is 2.50. The fraction of sp³-hybridized carbons (Fsp3) is 0.0667. The Morgan fingerprint density at radius 1 is 1.16 bits per heavy atom. The summed E-state index contributed by atoms with van der Waals surface area (Å²) in [4.78, 5) is 23.5. The van der Waals surface area contributed by atoms with E-state index in [1.54, 1.807) is 12.1 Å². The molecule has 19 heavy (non-hydrogen) atoms.